The van der Waals surface area contributed by atoms with Gasteiger partial charge in [-0.15, -0.1) is 0 Å². The molecule has 1 aliphatic rings. The summed E-state index contributed by atoms with van der Waals surface area (Å²) in [6.07, 6.45) is 0.867. The first-order valence-corrected chi connectivity index (χ1v) is 5.16. The van der Waals surface area contributed by atoms with Crippen LogP contribution in [0.3, 0.4) is 0 Å². The fourth-order valence-electron chi connectivity index (χ4n) is 1.75. The molecule has 1 aliphatic carbocycles. The normalized spacial score (nSPS) is 16.9. The summed E-state index contributed by atoms with van der Waals surface area (Å²) in [5, 5.41) is 8.98. The van der Waals surface area contributed by atoms with Gasteiger partial charge >= 0.3 is 5.97 Å². The van der Waals surface area contributed by atoms with Crippen LogP contribution in [-0.2, 0) is 10.2 Å². The Bertz CT molecular complexity index is 455. The molecule has 1 aromatic rings. The van der Waals surface area contributed by atoms with Gasteiger partial charge in [-0.1, -0.05) is 11.6 Å². The van der Waals surface area contributed by atoms with Crippen molar-refractivity contribution in [3.05, 3.63) is 28.5 Å². The summed E-state index contributed by atoms with van der Waals surface area (Å²) in [4.78, 5) is 11.1. The molecule has 0 spiro atoms. The van der Waals surface area contributed by atoms with Crippen LogP contribution in [-0.4, -0.2) is 18.2 Å². The molecule has 3 nitrogen and oxygen atoms in total. The number of methoxy groups -OCH3 is 1. The molecule has 0 amide bonds. The zero-order valence-corrected chi connectivity index (χ0v) is 9.34. The van der Waals surface area contributed by atoms with Gasteiger partial charge in [0.15, 0.2) is 0 Å². The maximum atomic E-state index is 13.8. The number of carboxylic acid groups (broad SMARTS) is 1. The fraction of sp³-hybridized carbons (Fsp3) is 0.364. The second-order valence-corrected chi connectivity index (χ2v) is 4.27. The molecule has 1 N–H and O–H groups in total. The van der Waals surface area contributed by atoms with E-state index in [2.05, 4.69) is 0 Å². The summed E-state index contributed by atoms with van der Waals surface area (Å²) < 4.78 is 18.7. The van der Waals surface area contributed by atoms with Crippen molar-refractivity contribution in [2.75, 3.05) is 7.11 Å². The van der Waals surface area contributed by atoms with Crippen molar-refractivity contribution in [2.24, 2.45) is 0 Å². The van der Waals surface area contributed by atoms with E-state index in [0.717, 1.165) is 0 Å². The largest absolute Gasteiger partial charge is 0.497 e. The molecule has 0 atom stereocenters. The van der Waals surface area contributed by atoms with Gasteiger partial charge in [0.1, 0.15) is 11.6 Å². The van der Waals surface area contributed by atoms with E-state index in [0.29, 0.717) is 18.6 Å². The van der Waals surface area contributed by atoms with Crippen LogP contribution in [0, 0.1) is 5.82 Å². The summed E-state index contributed by atoms with van der Waals surface area (Å²) in [5.74, 6) is -1.31. The molecule has 0 aliphatic heterocycles. The van der Waals surface area contributed by atoms with Crippen LogP contribution in [0.4, 0.5) is 4.39 Å². The minimum absolute atomic E-state index is 0.109. The smallest absolute Gasteiger partial charge is 0.314 e. The van der Waals surface area contributed by atoms with Crippen molar-refractivity contribution >= 4 is 17.6 Å². The van der Waals surface area contributed by atoms with Gasteiger partial charge in [-0.3, -0.25) is 4.79 Å². The van der Waals surface area contributed by atoms with E-state index in [9.17, 15) is 9.18 Å². The maximum absolute atomic E-state index is 13.8. The van der Waals surface area contributed by atoms with E-state index < -0.39 is 17.2 Å². The molecule has 0 aromatic heterocycles. The molecule has 1 aromatic carbocycles. The molecule has 0 heterocycles. The highest BCUT2D eigenvalue weighted by molar-refractivity contribution is 6.31. The van der Waals surface area contributed by atoms with E-state index in [1.54, 1.807) is 0 Å². The second-order valence-electron chi connectivity index (χ2n) is 3.86. The highest BCUT2D eigenvalue weighted by atomic mass is 35.5. The molecule has 5 heteroatoms. The first kappa shape index (κ1) is 11.2. The summed E-state index contributed by atoms with van der Waals surface area (Å²) in [5.41, 5.74) is -0.994. The zero-order valence-electron chi connectivity index (χ0n) is 8.59. The number of ether oxygens (including phenoxy) is 1. The highest BCUT2D eigenvalue weighted by Gasteiger charge is 2.53. The first-order chi connectivity index (χ1) is 7.51. The Morgan fingerprint density at radius 1 is 1.56 bits per heavy atom. The lowest BCUT2D eigenvalue weighted by atomic mass is 9.95. The Morgan fingerprint density at radius 2 is 2.19 bits per heavy atom. The summed E-state index contributed by atoms with van der Waals surface area (Å²) >= 11 is 5.69. The Balaban J connectivity index is 2.56. The van der Waals surface area contributed by atoms with E-state index in [1.807, 2.05) is 0 Å². The Labute approximate surface area is 96.8 Å². The van der Waals surface area contributed by atoms with E-state index in [-0.39, 0.29) is 10.6 Å². The molecule has 1 fully saturated rings. The van der Waals surface area contributed by atoms with Crippen molar-refractivity contribution in [1.29, 1.82) is 0 Å². The van der Waals surface area contributed by atoms with Crippen molar-refractivity contribution in [1.82, 2.24) is 0 Å². The second kappa shape index (κ2) is 3.63. The van der Waals surface area contributed by atoms with Gasteiger partial charge in [0, 0.05) is 11.6 Å². The molecule has 0 unspecified atom stereocenters. The Kier molecular flexibility index (Phi) is 2.54. The number of benzene rings is 1. The van der Waals surface area contributed by atoms with Crippen molar-refractivity contribution in [2.45, 2.75) is 18.3 Å². The third-order valence-electron chi connectivity index (χ3n) is 2.91. The van der Waals surface area contributed by atoms with Gasteiger partial charge in [0.25, 0.3) is 0 Å². The van der Waals surface area contributed by atoms with Crippen molar-refractivity contribution in [3.63, 3.8) is 0 Å². The molecular formula is C11H10ClFO3. The molecule has 1 saturated carbocycles. The average molecular weight is 245 g/mol. The lowest BCUT2D eigenvalue weighted by Gasteiger charge is -2.13. The van der Waals surface area contributed by atoms with E-state index in [4.69, 9.17) is 21.4 Å². The molecule has 0 radical (unpaired) electrons. The van der Waals surface area contributed by atoms with Crippen LogP contribution < -0.4 is 4.74 Å². The van der Waals surface area contributed by atoms with Crippen LogP contribution in [0.2, 0.25) is 5.02 Å². The van der Waals surface area contributed by atoms with Crippen LogP contribution in [0.5, 0.6) is 5.75 Å². The fourth-order valence-corrected chi connectivity index (χ4v) is 1.96. The predicted molar refractivity (Wildman–Crippen MR) is 56.5 cm³/mol. The number of rotatable bonds is 3. The van der Waals surface area contributed by atoms with Crippen LogP contribution >= 0.6 is 11.6 Å². The van der Waals surface area contributed by atoms with E-state index >= 15 is 0 Å². The van der Waals surface area contributed by atoms with Crippen molar-refractivity contribution in [3.8, 4) is 5.75 Å². The standard InChI is InChI=1S/C11H10ClFO3/c1-16-6-4-7(9(13)8(12)5-6)11(2-3-11)10(14)15/h4-5H,2-3H2,1H3,(H,14,15). The van der Waals surface area contributed by atoms with Gasteiger partial charge in [-0.25, -0.2) is 4.39 Å². The average Bonchev–Trinajstić information content (AvgIpc) is 3.02. The lowest BCUT2D eigenvalue weighted by Crippen LogP contribution is -2.21. The van der Waals surface area contributed by atoms with Gasteiger partial charge < -0.3 is 9.84 Å². The molecule has 2 rings (SSSR count). The number of carboxylic acids is 1. The zero-order chi connectivity index (χ0) is 11.9. The third-order valence-corrected chi connectivity index (χ3v) is 3.19. The molecule has 0 bridgehead atoms. The number of halogens is 2. The number of aliphatic carboxylic acids is 1. The van der Waals surface area contributed by atoms with Gasteiger partial charge in [0.2, 0.25) is 0 Å². The summed E-state index contributed by atoms with van der Waals surface area (Å²) in [6.45, 7) is 0. The summed E-state index contributed by atoms with van der Waals surface area (Å²) in [7, 11) is 1.42. The van der Waals surface area contributed by atoms with Gasteiger partial charge in [-0.05, 0) is 18.9 Å². The third kappa shape index (κ3) is 1.53. The Hall–Kier alpha value is -1.29. The quantitative estimate of drug-likeness (QED) is 0.889. The summed E-state index contributed by atoms with van der Waals surface area (Å²) in [6, 6.07) is 2.74. The first-order valence-electron chi connectivity index (χ1n) is 4.78. The molecule has 16 heavy (non-hydrogen) atoms. The minimum atomic E-state index is -1.11. The van der Waals surface area contributed by atoms with E-state index in [1.165, 1.54) is 19.2 Å². The SMILES string of the molecule is COc1cc(Cl)c(F)c(C2(C(=O)O)CC2)c1. The molecule has 0 saturated heterocycles. The number of hydrogen-bond acceptors (Lipinski definition) is 2. The molecular weight excluding hydrogens is 235 g/mol. The number of carbonyl (C=O) groups is 1. The predicted octanol–water partition coefficient (Wildman–Crippen LogP) is 2.60. The van der Waals surface area contributed by atoms with Crippen LogP contribution in [0.25, 0.3) is 0 Å². The Morgan fingerprint density at radius 3 is 2.62 bits per heavy atom. The minimum Gasteiger partial charge on any atom is -0.497 e. The van der Waals surface area contributed by atoms with Gasteiger partial charge in [0.05, 0.1) is 17.5 Å². The maximum Gasteiger partial charge on any atom is 0.314 e. The number of hydrogen-bond donors (Lipinski definition) is 1. The monoisotopic (exact) mass is 244 g/mol. The molecule has 86 valence electrons. The van der Waals surface area contributed by atoms with Gasteiger partial charge in [-0.2, -0.15) is 0 Å². The van der Waals surface area contributed by atoms with Crippen molar-refractivity contribution < 1.29 is 19.0 Å². The van der Waals surface area contributed by atoms with Crippen LogP contribution in [0.1, 0.15) is 18.4 Å². The lowest BCUT2D eigenvalue weighted by molar-refractivity contribution is -0.140. The highest BCUT2D eigenvalue weighted by Crippen LogP contribution is 2.50. The van der Waals surface area contributed by atoms with Crippen LogP contribution in [0.15, 0.2) is 12.1 Å². The topological polar surface area (TPSA) is 46.5 Å².